The molecule has 2 aromatic rings. The molecule has 2 aromatic carbocycles. The molecule has 3 amide bonds. The molecular formula is C19H17N3O4. The van der Waals surface area contributed by atoms with Gasteiger partial charge in [-0.3, -0.25) is 14.9 Å². The van der Waals surface area contributed by atoms with Gasteiger partial charge in [-0.05, 0) is 36.8 Å². The summed E-state index contributed by atoms with van der Waals surface area (Å²) in [4.78, 5) is 40.0. The molecule has 7 nitrogen and oxygen atoms in total. The molecule has 2 heterocycles. The van der Waals surface area contributed by atoms with Gasteiger partial charge in [0.05, 0.1) is 16.0 Å². The summed E-state index contributed by atoms with van der Waals surface area (Å²) in [6, 6.07) is 9.19. The molecule has 132 valence electrons. The zero-order valence-corrected chi connectivity index (χ0v) is 14.2. The Labute approximate surface area is 149 Å². The van der Waals surface area contributed by atoms with Crippen molar-refractivity contribution in [3.63, 3.8) is 0 Å². The Morgan fingerprint density at radius 3 is 2.54 bits per heavy atom. The van der Waals surface area contributed by atoms with Gasteiger partial charge < -0.3 is 4.90 Å². The van der Waals surface area contributed by atoms with E-state index in [1.54, 1.807) is 29.2 Å². The van der Waals surface area contributed by atoms with E-state index in [0.717, 1.165) is 12.8 Å². The number of imide groups is 1. The number of piperidine rings is 1. The average molecular weight is 351 g/mol. The van der Waals surface area contributed by atoms with E-state index in [0.29, 0.717) is 22.4 Å². The van der Waals surface area contributed by atoms with Crippen LogP contribution in [0.2, 0.25) is 0 Å². The Bertz CT molecular complexity index is 988. The maximum Gasteiger partial charge on any atom is 0.332 e. The van der Waals surface area contributed by atoms with E-state index in [4.69, 9.17) is 0 Å². The molecule has 0 spiro atoms. The van der Waals surface area contributed by atoms with Crippen molar-refractivity contribution in [1.29, 1.82) is 0 Å². The number of rotatable bonds is 2. The molecular weight excluding hydrogens is 334 g/mol. The highest BCUT2D eigenvalue weighted by atomic mass is 16.6. The third kappa shape index (κ3) is 1.77. The molecule has 0 aromatic heterocycles. The molecule has 4 atom stereocenters. The zero-order valence-electron chi connectivity index (χ0n) is 14.2. The second-order valence-corrected chi connectivity index (χ2v) is 7.48. The minimum Gasteiger partial charge on any atom is -0.309 e. The Hall–Kier alpha value is -2.96. The fourth-order valence-electron chi connectivity index (χ4n) is 5.11. The van der Waals surface area contributed by atoms with Crippen LogP contribution in [0.4, 0.5) is 16.2 Å². The average Bonchev–Trinajstić information content (AvgIpc) is 3.25. The quantitative estimate of drug-likeness (QED) is 0.472. The fraction of sp³-hybridized carbons (Fsp3) is 0.368. The summed E-state index contributed by atoms with van der Waals surface area (Å²) < 4.78 is 0. The van der Waals surface area contributed by atoms with Crippen molar-refractivity contribution in [1.82, 2.24) is 4.90 Å². The minimum absolute atomic E-state index is 0.0300. The highest BCUT2D eigenvalue weighted by Crippen LogP contribution is 2.50. The van der Waals surface area contributed by atoms with Crippen LogP contribution in [0.1, 0.15) is 19.8 Å². The molecule has 5 rings (SSSR count). The number of non-ortho nitro benzene ring substituents is 1. The van der Waals surface area contributed by atoms with Gasteiger partial charge in [-0.15, -0.1) is 0 Å². The van der Waals surface area contributed by atoms with Crippen LogP contribution in [-0.4, -0.2) is 33.8 Å². The molecule has 3 aliphatic rings. The highest BCUT2D eigenvalue weighted by Gasteiger charge is 2.61. The largest absolute Gasteiger partial charge is 0.332 e. The fourth-order valence-corrected chi connectivity index (χ4v) is 5.11. The van der Waals surface area contributed by atoms with E-state index < -0.39 is 4.92 Å². The number of anilines is 1. The van der Waals surface area contributed by atoms with E-state index in [1.807, 2.05) is 0 Å². The van der Waals surface area contributed by atoms with Gasteiger partial charge in [-0.2, -0.15) is 0 Å². The number of nitro groups is 1. The monoisotopic (exact) mass is 351 g/mol. The maximum atomic E-state index is 13.1. The molecule has 3 fully saturated rings. The lowest BCUT2D eigenvalue weighted by Crippen LogP contribution is -2.43. The maximum absolute atomic E-state index is 13.1. The number of amides is 3. The predicted octanol–water partition coefficient (Wildman–Crippen LogP) is 3.31. The summed E-state index contributed by atoms with van der Waals surface area (Å²) >= 11 is 0. The zero-order chi connectivity index (χ0) is 18.2. The van der Waals surface area contributed by atoms with Gasteiger partial charge in [0.15, 0.2) is 0 Å². The predicted molar refractivity (Wildman–Crippen MR) is 94.8 cm³/mol. The molecule has 2 saturated heterocycles. The third-order valence-electron chi connectivity index (χ3n) is 6.22. The first-order valence-corrected chi connectivity index (χ1v) is 8.81. The minimum atomic E-state index is -0.445. The van der Waals surface area contributed by atoms with Crippen molar-refractivity contribution < 1.29 is 14.5 Å². The van der Waals surface area contributed by atoms with Crippen molar-refractivity contribution in [2.75, 3.05) is 4.90 Å². The van der Waals surface area contributed by atoms with Gasteiger partial charge in [0.2, 0.25) is 0 Å². The Morgan fingerprint density at radius 2 is 1.81 bits per heavy atom. The van der Waals surface area contributed by atoms with Gasteiger partial charge in [-0.25, -0.2) is 9.69 Å². The number of fused-ring (bicyclic) bond motifs is 6. The summed E-state index contributed by atoms with van der Waals surface area (Å²) in [5.74, 6) is 0.449. The van der Waals surface area contributed by atoms with Crippen LogP contribution in [0.3, 0.4) is 0 Å². The van der Waals surface area contributed by atoms with Crippen LogP contribution < -0.4 is 4.90 Å². The molecule has 26 heavy (non-hydrogen) atoms. The number of urea groups is 1. The smallest absolute Gasteiger partial charge is 0.309 e. The normalized spacial score (nSPS) is 29.7. The molecule has 1 saturated carbocycles. The number of hydrogen-bond acceptors (Lipinski definition) is 4. The first kappa shape index (κ1) is 15.3. The standard InChI is InChI=1S/C19H17N3O4/c1-10-8-11-9-14(10)17-18(23)21(19(24)20(11)17)15-6-7-16(22(25)26)13-5-3-2-4-12(13)15/h2-7,10-11,14,17H,8-9H2,1H3/t10?,11-,14?,17?/m0/s1. The number of nitro benzene ring substituents is 1. The van der Waals surface area contributed by atoms with Crippen LogP contribution >= 0.6 is 0 Å². The summed E-state index contributed by atoms with van der Waals surface area (Å²) in [6.45, 7) is 2.14. The molecule has 1 aliphatic carbocycles. The van der Waals surface area contributed by atoms with Crippen LogP contribution in [-0.2, 0) is 4.79 Å². The second kappa shape index (κ2) is 5.03. The number of benzene rings is 2. The molecule has 3 unspecified atom stereocenters. The topological polar surface area (TPSA) is 83.8 Å². The van der Waals surface area contributed by atoms with Crippen molar-refractivity contribution in [3.8, 4) is 0 Å². The van der Waals surface area contributed by atoms with Crippen LogP contribution in [0.5, 0.6) is 0 Å². The Kier molecular flexibility index (Phi) is 2.96. The lowest BCUT2D eigenvalue weighted by Gasteiger charge is -2.29. The second-order valence-electron chi connectivity index (χ2n) is 7.48. The van der Waals surface area contributed by atoms with Crippen LogP contribution in [0.15, 0.2) is 36.4 Å². The van der Waals surface area contributed by atoms with E-state index in [1.165, 1.54) is 17.0 Å². The van der Waals surface area contributed by atoms with E-state index in [9.17, 15) is 19.7 Å². The van der Waals surface area contributed by atoms with Gasteiger partial charge in [-0.1, -0.05) is 25.1 Å². The Balaban J connectivity index is 1.66. The number of carbonyl (C=O) groups excluding carboxylic acids is 2. The van der Waals surface area contributed by atoms with Gasteiger partial charge >= 0.3 is 6.03 Å². The van der Waals surface area contributed by atoms with Crippen LogP contribution in [0, 0.1) is 22.0 Å². The lowest BCUT2D eigenvalue weighted by molar-refractivity contribution is -0.383. The van der Waals surface area contributed by atoms with E-state index >= 15 is 0 Å². The molecule has 7 heteroatoms. The number of nitrogens with zero attached hydrogens (tertiary/aromatic N) is 3. The summed E-state index contributed by atoms with van der Waals surface area (Å²) in [5, 5.41) is 12.3. The first-order chi connectivity index (χ1) is 12.5. The van der Waals surface area contributed by atoms with Crippen LogP contribution in [0.25, 0.3) is 10.8 Å². The highest BCUT2D eigenvalue weighted by molar-refractivity contribution is 6.25. The third-order valence-corrected chi connectivity index (χ3v) is 6.22. The van der Waals surface area contributed by atoms with Gasteiger partial charge in [0.25, 0.3) is 11.6 Å². The van der Waals surface area contributed by atoms with Crippen molar-refractivity contribution >= 4 is 34.1 Å². The molecule has 0 N–H and O–H groups in total. The van der Waals surface area contributed by atoms with Gasteiger partial charge in [0, 0.05) is 17.5 Å². The first-order valence-electron chi connectivity index (χ1n) is 8.81. The summed E-state index contributed by atoms with van der Waals surface area (Å²) in [6.07, 6.45) is 1.84. The van der Waals surface area contributed by atoms with Gasteiger partial charge in [0.1, 0.15) is 6.04 Å². The molecule has 0 radical (unpaired) electrons. The molecule has 2 aliphatic heterocycles. The van der Waals surface area contributed by atoms with E-state index in [2.05, 4.69) is 6.92 Å². The summed E-state index contributed by atoms with van der Waals surface area (Å²) in [7, 11) is 0. The SMILES string of the molecule is CC1C[C@H]2CC1C1C(=O)N(c3ccc([N+](=O)[O-])c4ccccc34)C(=O)N12. The van der Waals surface area contributed by atoms with Crippen molar-refractivity contribution in [2.45, 2.75) is 31.8 Å². The van der Waals surface area contributed by atoms with E-state index in [-0.39, 0.29) is 35.6 Å². The Morgan fingerprint density at radius 1 is 1.08 bits per heavy atom. The van der Waals surface area contributed by atoms with Crippen molar-refractivity contribution in [2.24, 2.45) is 11.8 Å². The number of hydrogen-bond donors (Lipinski definition) is 0. The summed E-state index contributed by atoms with van der Waals surface area (Å²) in [5.41, 5.74) is 0.403. The number of carbonyl (C=O) groups is 2. The lowest BCUT2D eigenvalue weighted by atomic mass is 9.89. The van der Waals surface area contributed by atoms with Crippen molar-refractivity contribution in [3.05, 3.63) is 46.5 Å². The molecule has 2 bridgehead atoms.